The number of rotatable bonds is 11. The third-order valence-electron chi connectivity index (χ3n) is 7.36. The fraction of sp³-hybridized carbons (Fsp3) is 0.242. The Bertz CT molecular complexity index is 1700. The zero-order valence-corrected chi connectivity index (χ0v) is 22.8. The molecule has 0 radical (unpaired) electrons. The van der Waals surface area contributed by atoms with Gasteiger partial charge in [-0.05, 0) is 28.8 Å². The van der Waals surface area contributed by atoms with Gasteiger partial charge in [-0.1, -0.05) is 91.0 Å². The first-order valence-electron chi connectivity index (χ1n) is 13.8. The normalized spacial score (nSPS) is 21.8. The first-order chi connectivity index (χ1) is 20.7. The number of fused-ring (bicyclic) bond motifs is 1. The SMILES string of the molecule is N#C[C@@]1(c2ccc3c(=O)[nH]cnn23)O[C@H](COCc2ccccc2)[C@@H](OCc2ccccc2)[C@H]1OCc1ccccc1. The standard InChI is InChI=1S/C33H30N4O5/c34-22-33(29-17-16-27-32(38)35-23-36-37(27)29)31(41-20-26-14-8-3-9-15-26)30(40-19-25-12-6-2-7-13-25)28(42-33)21-39-18-24-10-4-1-5-11-24/h1-17,23,28,30-31H,18-21H2,(H,35,36,38)/t28-,30-,31-,33+/m1/s1. The highest BCUT2D eigenvalue weighted by Gasteiger charge is 2.60. The van der Waals surface area contributed by atoms with E-state index in [1.54, 1.807) is 12.1 Å². The van der Waals surface area contributed by atoms with Gasteiger partial charge >= 0.3 is 0 Å². The Kier molecular flexibility index (Phi) is 8.21. The molecule has 3 heterocycles. The van der Waals surface area contributed by atoms with Gasteiger partial charge in [-0.3, -0.25) is 4.79 Å². The van der Waals surface area contributed by atoms with Crippen molar-refractivity contribution in [2.24, 2.45) is 0 Å². The molecule has 9 heteroatoms. The summed E-state index contributed by atoms with van der Waals surface area (Å²) in [6, 6.07) is 35.0. The van der Waals surface area contributed by atoms with Crippen LogP contribution in [0.4, 0.5) is 0 Å². The molecule has 0 amide bonds. The van der Waals surface area contributed by atoms with E-state index in [-0.39, 0.29) is 30.9 Å². The van der Waals surface area contributed by atoms with Gasteiger partial charge in [-0.15, -0.1) is 0 Å². The second-order valence-corrected chi connectivity index (χ2v) is 10.1. The van der Waals surface area contributed by atoms with E-state index in [4.69, 9.17) is 18.9 Å². The number of H-pyrrole nitrogens is 1. The maximum atomic E-state index is 12.5. The lowest BCUT2D eigenvalue weighted by molar-refractivity contribution is -0.0971. The largest absolute Gasteiger partial charge is 0.374 e. The van der Waals surface area contributed by atoms with Gasteiger partial charge in [0.15, 0.2) is 0 Å². The molecule has 212 valence electrons. The number of nitrogens with one attached hydrogen (secondary N) is 1. The van der Waals surface area contributed by atoms with E-state index in [2.05, 4.69) is 16.2 Å². The summed E-state index contributed by atoms with van der Waals surface area (Å²) in [6.45, 7) is 1.02. The van der Waals surface area contributed by atoms with Crippen LogP contribution in [0.25, 0.3) is 5.52 Å². The van der Waals surface area contributed by atoms with Gasteiger partial charge in [-0.2, -0.15) is 10.4 Å². The van der Waals surface area contributed by atoms with Crippen molar-refractivity contribution >= 4 is 5.52 Å². The summed E-state index contributed by atoms with van der Waals surface area (Å²) in [5, 5.41) is 15.2. The second-order valence-electron chi connectivity index (χ2n) is 10.1. The number of nitrogens with zero attached hydrogens (tertiary/aromatic N) is 3. The molecule has 6 rings (SSSR count). The van der Waals surface area contributed by atoms with Crippen molar-refractivity contribution in [3.63, 3.8) is 0 Å². The summed E-state index contributed by atoms with van der Waals surface area (Å²) >= 11 is 0. The minimum Gasteiger partial charge on any atom is -0.374 e. The van der Waals surface area contributed by atoms with E-state index in [0.29, 0.717) is 12.3 Å². The van der Waals surface area contributed by atoms with Crippen molar-refractivity contribution < 1.29 is 18.9 Å². The van der Waals surface area contributed by atoms with Crippen LogP contribution >= 0.6 is 0 Å². The Morgan fingerprint density at radius 3 is 2.05 bits per heavy atom. The summed E-state index contributed by atoms with van der Waals surface area (Å²) in [7, 11) is 0. The minimum atomic E-state index is -1.65. The number of hydrogen-bond donors (Lipinski definition) is 1. The van der Waals surface area contributed by atoms with Gasteiger partial charge in [0, 0.05) is 0 Å². The molecule has 42 heavy (non-hydrogen) atoms. The molecule has 0 saturated carbocycles. The van der Waals surface area contributed by atoms with Crippen LogP contribution in [0.2, 0.25) is 0 Å². The number of nitriles is 1. The minimum absolute atomic E-state index is 0.153. The lowest BCUT2D eigenvalue weighted by Gasteiger charge is -2.29. The van der Waals surface area contributed by atoms with Gasteiger partial charge in [-0.25, -0.2) is 4.52 Å². The van der Waals surface area contributed by atoms with Crippen LogP contribution in [0.5, 0.6) is 0 Å². The third-order valence-corrected chi connectivity index (χ3v) is 7.36. The van der Waals surface area contributed by atoms with Crippen LogP contribution in [0, 0.1) is 11.3 Å². The quantitative estimate of drug-likeness (QED) is 0.252. The van der Waals surface area contributed by atoms with Crippen LogP contribution in [-0.4, -0.2) is 39.5 Å². The molecule has 5 aromatic rings. The third kappa shape index (κ3) is 5.62. The maximum absolute atomic E-state index is 12.5. The van der Waals surface area contributed by atoms with Crippen LogP contribution in [0.1, 0.15) is 22.4 Å². The number of hydrogen-bond acceptors (Lipinski definition) is 7. The summed E-state index contributed by atoms with van der Waals surface area (Å²) < 4.78 is 27.2. The number of aromatic amines is 1. The fourth-order valence-electron chi connectivity index (χ4n) is 5.31. The molecule has 0 spiro atoms. The molecule has 1 aliphatic rings. The number of benzene rings is 3. The molecule has 0 unspecified atom stereocenters. The van der Waals surface area contributed by atoms with Crippen LogP contribution in [-0.2, 0) is 44.4 Å². The van der Waals surface area contributed by atoms with Crippen LogP contribution in [0.15, 0.2) is 114 Å². The van der Waals surface area contributed by atoms with Gasteiger partial charge in [0.2, 0.25) is 5.60 Å². The lowest BCUT2D eigenvalue weighted by atomic mass is 9.92. The summed E-state index contributed by atoms with van der Waals surface area (Å²) in [5.41, 5.74) is 1.61. The van der Waals surface area contributed by atoms with Crippen molar-refractivity contribution in [2.75, 3.05) is 6.61 Å². The van der Waals surface area contributed by atoms with E-state index in [1.165, 1.54) is 10.8 Å². The molecule has 0 bridgehead atoms. The van der Waals surface area contributed by atoms with E-state index >= 15 is 0 Å². The molecule has 2 aromatic heterocycles. The fourth-order valence-corrected chi connectivity index (χ4v) is 5.31. The van der Waals surface area contributed by atoms with Gasteiger partial charge < -0.3 is 23.9 Å². The molecule has 1 aliphatic heterocycles. The monoisotopic (exact) mass is 562 g/mol. The number of aromatic nitrogens is 3. The number of ether oxygens (including phenoxy) is 4. The molecule has 9 nitrogen and oxygen atoms in total. The van der Waals surface area contributed by atoms with Gasteiger partial charge in [0.05, 0.1) is 32.1 Å². The lowest BCUT2D eigenvalue weighted by Crippen LogP contribution is -2.44. The van der Waals surface area contributed by atoms with Crippen molar-refractivity contribution in [3.8, 4) is 6.07 Å². The highest BCUT2D eigenvalue weighted by molar-refractivity contribution is 5.49. The smallest absolute Gasteiger partial charge is 0.275 e. The molecular weight excluding hydrogens is 532 g/mol. The molecular formula is C33H30N4O5. The van der Waals surface area contributed by atoms with Crippen LogP contribution in [0.3, 0.4) is 0 Å². The Hall–Kier alpha value is -4.59. The van der Waals surface area contributed by atoms with Crippen LogP contribution < -0.4 is 5.56 Å². The summed E-state index contributed by atoms with van der Waals surface area (Å²) in [5.74, 6) is 0. The van der Waals surface area contributed by atoms with Gasteiger partial charge in [0.25, 0.3) is 5.56 Å². The van der Waals surface area contributed by atoms with Crippen molar-refractivity contribution in [1.29, 1.82) is 5.26 Å². The van der Waals surface area contributed by atoms with E-state index < -0.39 is 23.9 Å². The van der Waals surface area contributed by atoms with E-state index in [1.807, 2.05) is 91.0 Å². The molecule has 1 N–H and O–H groups in total. The molecule has 3 aromatic carbocycles. The topological polar surface area (TPSA) is 111 Å². The molecule has 4 atom stereocenters. The van der Waals surface area contributed by atoms with Crippen molar-refractivity contribution in [2.45, 2.75) is 43.7 Å². The Morgan fingerprint density at radius 2 is 1.43 bits per heavy atom. The molecule has 1 saturated heterocycles. The summed E-state index contributed by atoms with van der Waals surface area (Å²) in [4.78, 5) is 15.1. The zero-order chi connectivity index (χ0) is 28.8. The Labute approximate surface area is 242 Å². The highest BCUT2D eigenvalue weighted by atomic mass is 16.6. The van der Waals surface area contributed by atoms with Gasteiger partial charge in [0.1, 0.15) is 36.2 Å². The maximum Gasteiger partial charge on any atom is 0.275 e. The second kappa shape index (κ2) is 12.5. The zero-order valence-electron chi connectivity index (χ0n) is 22.8. The highest BCUT2D eigenvalue weighted by Crippen LogP contribution is 2.43. The average Bonchev–Trinajstić information content (AvgIpc) is 3.61. The first kappa shape index (κ1) is 27.6. The first-order valence-corrected chi connectivity index (χ1v) is 13.8. The van der Waals surface area contributed by atoms with E-state index in [9.17, 15) is 10.1 Å². The molecule has 0 aliphatic carbocycles. The predicted octanol–water partition coefficient (Wildman–Crippen LogP) is 4.53. The molecule has 1 fully saturated rings. The van der Waals surface area contributed by atoms with Crippen molar-refractivity contribution in [3.05, 3.63) is 142 Å². The average molecular weight is 563 g/mol. The summed E-state index contributed by atoms with van der Waals surface area (Å²) in [6.07, 6.45) is -0.930. The predicted molar refractivity (Wildman–Crippen MR) is 154 cm³/mol. The Balaban J connectivity index is 1.37. The Morgan fingerprint density at radius 1 is 0.833 bits per heavy atom. The van der Waals surface area contributed by atoms with E-state index in [0.717, 1.165) is 16.7 Å². The van der Waals surface area contributed by atoms with Crippen molar-refractivity contribution in [1.82, 2.24) is 14.6 Å².